The average Bonchev–Trinajstić information content (AvgIpc) is 3.58. The molecular formula is C25H31N5O4. The van der Waals surface area contributed by atoms with E-state index in [2.05, 4.69) is 32.2 Å². The van der Waals surface area contributed by atoms with Gasteiger partial charge >= 0.3 is 0 Å². The highest BCUT2D eigenvalue weighted by molar-refractivity contribution is 5.66. The highest BCUT2D eigenvalue weighted by Gasteiger charge is 2.31. The van der Waals surface area contributed by atoms with Crippen LogP contribution in [0.2, 0.25) is 0 Å². The summed E-state index contributed by atoms with van der Waals surface area (Å²) in [5, 5.41) is 12.9. The van der Waals surface area contributed by atoms with Crippen molar-refractivity contribution in [3.05, 3.63) is 47.4 Å². The predicted octanol–water partition coefficient (Wildman–Crippen LogP) is 3.40. The van der Waals surface area contributed by atoms with Crippen LogP contribution in [0.15, 0.2) is 30.7 Å². The quantitative estimate of drug-likeness (QED) is 0.497. The van der Waals surface area contributed by atoms with Crippen LogP contribution in [-0.4, -0.2) is 65.1 Å². The second-order valence-electron chi connectivity index (χ2n) is 9.01. The standard InChI is InChI=1S/C25H31N5O4/c1-15-9-26-25(27-18-7-21(32-2)23(34-4)22(8-18)33-3)28-24(15)30-11-17(10-29-12-19(31)13-29)20(14-30)16-5-6-16/h7-9,11,14,16,19,31H,5-6,10,12-13H2,1-4H3,(H,26,27,28). The molecule has 2 N–H and O–H groups in total. The van der Waals surface area contributed by atoms with Gasteiger partial charge in [-0.2, -0.15) is 4.98 Å². The largest absolute Gasteiger partial charge is 0.493 e. The van der Waals surface area contributed by atoms with Gasteiger partial charge in [0.05, 0.1) is 27.4 Å². The van der Waals surface area contributed by atoms with Crippen LogP contribution in [0.25, 0.3) is 5.82 Å². The Balaban J connectivity index is 1.44. The lowest BCUT2D eigenvalue weighted by Gasteiger charge is -2.35. The monoisotopic (exact) mass is 465 g/mol. The predicted molar refractivity (Wildman–Crippen MR) is 129 cm³/mol. The molecule has 0 atom stereocenters. The van der Waals surface area contributed by atoms with Gasteiger partial charge in [0.2, 0.25) is 11.7 Å². The Morgan fingerprint density at radius 3 is 2.35 bits per heavy atom. The molecule has 3 heterocycles. The van der Waals surface area contributed by atoms with Gasteiger partial charge in [-0.1, -0.05) is 0 Å². The van der Waals surface area contributed by atoms with E-state index in [1.807, 2.05) is 25.3 Å². The number of aliphatic hydroxyl groups excluding tert-OH is 1. The Kier molecular flexibility index (Phi) is 6.05. The van der Waals surface area contributed by atoms with Gasteiger partial charge in [-0.25, -0.2) is 4.98 Å². The molecule has 2 aromatic heterocycles. The molecule has 3 aromatic rings. The Bertz CT molecular complexity index is 1160. The first-order valence-corrected chi connectivity index (χ1v) is 11.5. The minimum atomic E-state index is -0.195. The van der Waals surface area contributed by atoms with Gasteiger partial charge in [0.15, 0.2) is 11.5 Å². The number of aromatic nitrogens is 3. The number of hydrogen-bond donors (Lipinski definition) is 2. The first-order valence-electron chi connectivity index (χ1n) is 11.5. The fourth-order valence-corrected chi connectivity index (χ4v) is 4.48. The second-order valence-corrected chi connectivity index (χ2v) is 9.01. The molecule has 9 nitrogen and oxygen atoms in total. The number of aryl methyl sites for hydroxylation is 1. The van der Waals surface area contributed by atoms with Gasteiger partial charge in [0.1, 0.15) is 5.82 Å². The summed E-state index contributed by atoms with van der Waals surface area (Å²) in [6.45, 7) is 4.35. The molecule has 5 rings (SSSR count). The number of likely N-dealkylation sites (tertiary alicyclic amines) is 1. The number of β-amino-alcohol motifs (C(OH)–C–C–N with tert-alkyl or cyclic N) is 1. The summed E-state index contributed by atoms with van der Waals surface area (Å²) in [4.78, 5) is 11.6. The zero-order valence-corrected chi connectivity index (χ0v) is 20.0. The normalized spacial score (nSPS) is 16.3. The van der Waals surface area contributed by atoms with Crippen molar-refractivity contribution in [2.24, 2.45) is 0 Å². The minimum Gasteiger partial charge on any atom is -0.493 e. The molecule has 9 heteroatoms. The fraction of sp³-hybridized carbons (Fsp3) is 0.440. The third-order valence-corrected chi connectivity index (χ3v) is 6.40. The summed E-state index contributed by atoms with van der Waals surface area (Å²) in [6, 6.07) is 3.65. The maximum Gasteiger partial charge on any atom is 0.229 e. The van der Waals surface area contributed by atoms with Crippen molar-refractivity contribution >= 4 is 11.6 Å². The number of aliphatic hydroxyl groups is 1. The van der Waals surface area contributed by atoms with Gasteiger partial charge in [-0.05, 0) is 36.8 Å². The summed E-state index contributed by atoms with van der Waals surface area (Å²) in [5.74, 6) is 3.57. The van der Waals surface area contributed by atoms with Gasteiger partial charge < -0.3 is 29.2 Å². The van der Waals surface area contributed by atoms with Gasteiger partial charge in [-0.15, -0.1) is 0 Å². The minimum absolute atomic E-state index is 0.195. The lowest BCUT2D eigenvalue weighted by molar-refractivity contribution is -0.00298. The molecule has 1 saturated carbocycles. The van der Waals surface area contributed by atoms with E-state index in [0.29, 0.717) is 29.1 Å². The topological polar surface area (TPSA) is 93.9 Å². The van der Waals surface area contributed by atoms with E-state index < -0.39 is 0 Å². The third kappa shape index (κ3) is 4.41. The first kappa shape index (κ1) is 22.5. The molecule has 1 aromatic carbocycles. The maximum absolute atomic E-state index is 9.66. The van der Waals surface area contributed by atoms with Crippen molar-refractivity contribution in [2.45, 2.75) is 38.3 Å². The highest BCUT2D eigenvalue weighted by atomic mass is 16.5. The van der Waals surface area contributed by atoms with Gasteiger partial charge in [-0.3, -0.25) is 4.90 Å². The number of anilines is 2. The van der Waals surface area contributed by atoms with Crippen molar-refractivity contribution < 1.29 is 19.3 Å². The van der Waals surface area contributed by atoms with E-state index in [9.17, 15) is 5.11 Å². The summed E-state index contributed by atoms with van der Waals surface area (Å²) in [7, 11) is 4.75. The zero-order chi connectivity index (χ0) is 23.8. The van der Waals surface area contributed by atoms with Crippen LogP contribution in [0.1, 0.15) is 35.4 Å². The van der Waals surface area contributed by atoms with Crippen LogP contribution in [-0.2, 0) is 6.54 Å². The Morgan fingerprint density at radius 2 is 1.76 bits per heavy atom. The molecule has 34 heavy (non-hydrogen) atoms. The molecule has 1 aliphatic heterocycles. The van der Waals surface area contributed by atoms with E-state index in [4.69, 9.17) is 19.2 Å². The molecule has 2 fully saturated rings. The molecule has 2 aliphatic rings. The van der Waals surface area contributed by atoms with E-state index in [0.717, 1.165) is 36.7 Å². The number of methoxy groups -OCH3 is 3. The second kappa shape index (κ2) is 9.15. The van der Waals surface area contributed by atoms with E-state index >= 15 is 0 Å². The summed E-state index contributed by atoms with van der Waals surface area (Å²) < 4.78 is 18.4. The summed E-state index contributed by atoms with van der Waals surface area (Å²) in [6.07, 6.45) is 8.48. The highest BCUT2D eigenvalue weighted by Crippen LogP contribution is 2.43. The lowest BCUT2D eigenvalue weighted by atomic mass is 10.1. The molecule has 0 spiro atoms. The van der Waals surface area contributed by atoms with Crippen molar-refractivity contribution in [3.8, 4) is 23.1 Å². The SMILES string of the molecule is COc1cc(Nc2ncc(C)c(-n3cc(CN4CC(O)C4)c(C4CC4)c3)n2)cc(OC)c1OC. The molecule has 1 saturated heterocycles. The summed E-state index contributed by atoms with van der Waals surface area (Å²) in [5.41, 5.74) is 4.41. The van der Waals surface area contributed by atoms with Gasteiger partial charge in [0, 0.05) is 61.6 Å². The first-order chi connectivity index (χ1) is 16.5. The maximum atomic E-state index is 9.66. The number of nitrogens with zero attached hydrogens (tertiary/aromatic N) is 4. The van der Waals surface area contributed by atoms with Crippen LogP contribution in [0.5, 0.6) is 17.2 Å². The lowest BCUT2D eigenvalue weighted by Crippen LogP contribution is -2.49. The summed E-state index contributed by atoms with van der Waals surface area (Å²) >= 11 is 0. The van der Waals surface area contributed by atoms with Crippen molar-refractivity contribution in [3.63, 3.8) is 0 Å². The van der Waals surface area contributed by atoms with Crippen LogP contribution in [0, 0.1) is 6.92 Å². The molecular weight excluding hydrogens is 434 g/mol. The van der Waals surface area contributed by atoms with Crippen LogP contribution < -0.4 is 19.5 Å². The smallest absolute Gasteiger partial charge is 0.229 e. The number of rotatable bonds is 9. The Morgan fingerprint density at radius 1 is 1.06 bits per heavy atom. The van der Waals surface area contributed by atoms with Crippen LogP contribution >= 0.6 is 0 Å². The van der Waals surface area contributed by atoms with E-state index in [1.54, 1.807) is 21.3 Å². The van der Waals surface area contributed by atoms with Crippen molar-refractivity contribution in [2.75, 3.05) is 39.7 Å². The average molecular weight is 466 g/mol. The molecule has 0 radical (unpaired) electrons. The molecule has 1 aliphatic carbocycles. The Labute approximate surface area is 199 Å². The van der Waals surface area contributed by atoms with Crippen molar-refractivity contribution in [1.29, 1.82) is 0 Å². The van der Waals surface area contributed by atoms with E-state index in [-0.39, 0.29) is 6.10 Å². The number of hydrogen-bond acceptors (Lipinski definition) is 8. The Hall–Kier alpha value is -3.30. The number of nitrogens with one attached hydrogen (secondary N) is 1. The van der Waals surface area contributed by atoms with Crippen LogP contribution in [0.4, 0.5) is 11.6 Å². The zero-order valence-electron chi connectivity index (χ0n) is 20.0. The van der Waals surface area contributed by atoms with E-state index in [1.165, 1.54) is 24.0 Å². The fourth-order valence-electron chi connectivity index (χ4n) is 4.48. The molecule has 0 unspecified atom stereocenters. The van der Waals surface area contributed by atoms with Crippen molar-refractivity contribution in [1.82, 2.24) is 19.4 Å². The molecule has 0 bridgehead atoms. The van der Waals surface area contributed by atoms with Gasteiger partial charge in [0.25, 0.3) is 0 Å². The van der Waals surface area contributed by atoms with Crippen LogP contribution in [0.3, 0.4) is 0 Å². The molecule has 0 amide bonds. The third-order valence-electron chi connectivity index (χ3n) is 6.40. The number of benzene rings is 1. The number of ether oxygens (including phenoxy) is 3. The molecule has 180 valence electrons.